The number of likely N-dealkylation sites (tertiary alicyclic amines) is 1. The second-order valence-electron chi connectivity index (χ2n) is 4.90. The summed E-state index contributed by atoms with van der Waals surface area (Å²) in [6.45, 7) is 5.04. The summed E-state index contributed by atoms with van der Waals surface area (Å²) >= 11 is 1.60. The van der Waals surface area contributed by atoms with Gasteiger partial charge in [-0.25, -0.2) is 0 Å². The third-order valence-corrected chi connectivity index (χ3v) is 5.02. The van der Waals surface area contributed by atoms with Crippen molar-refractivity contribution in [3.05, 3.63) is 21.4 Å². The molecule has 1 aliphatic heterocycles. The average Bonchev–Trinajstić information content (AvgIpc) is 2.79. The number of hydrogen-bond acceptors (Lipinski definition) is 3. The maximum atomic E-state index is 12.5. The Kier molecular flexibility index (Phi) is 4.40. The van der Waals surface area contributed by atoms with E-state index in [9.17, 15) is 9.90 Å². The van der Waals surface area contributed by atoms with Crippen LogP contribution in [0.3, 0.4) is 0 Å². The maximum absolute atomic E-state index is 12.5. The molecule has 0 aliphatic carbocycles. The van der Waals surface area contributed by atoms with Crippen LogP contribution in [0.5, 0.6) is 0 Å². The van der Waals surface area contributed by atoms with E-state index in [-0.39, 0.29) is 18.6 Å². The summed E-state index contributed by atoms with van der Waals surface area (Å²) in [5, 5.41) is 9.37. The zero-order valence-electron chi connectivity index (χ0n) is 11.1. The van der Waals surface area contributed by atoms with Crippen LogP contribution in [-0.4, -0.2) is 35.1 Å². The van der Waals surface area contributed by atoms with Crippen molar-refractivity contribution in [2.45, 2.75) is 45.6 Å². The van der Waals surface area contributed by atoms with E-state index in [0.717, 1.165) is 37.1 Å². The number of piperidine rings is 1. The van der Waals surface area contributed by atoms with E-state index in [1.165, 1.54) is 10.4 Å². The zero-order valence-corrected chi connectivity index (χ0v) is 11.9. The first-order valence-electron chi connectivity index (χ1n) is 6.68. The first-order chi connectivity index (χ1) is 8.67. The fourth-order valence-corrected chi connectivity index (χ4v) is 3.65. The van der Waals surface area contributed by atoms with Gasteiger partial charge in [-0.1, -0.05) is 6.92 Å². The summed E-state index contributed by atoms with van der Waals surface area (Å²) in [4.78, 5) is 16.4. The fraction of sp³-hybridized carbons (Fsp3) is 0.643. The molecule has 0 bridgehead atoms. The van der Waals surface area contributed by atoms with Crippen LogP contribution >= 0.6 is 11.3 Å². The lowest BCUT2D eigenvalue weighted by Crippen LogP contribution is -2.45. The summed E-state index contributed by atoms with van der Waals surface area (Å²) in [6.07, 6.45) is 4.06. The van der Waals surface area contributed by atoms with Gasteiger partial charge >= 0.3 is 0 Å². The van der Waals surface area contributed by atoms with Crippen LogP contribution in [0.4, 0.5) is 0 Å². The normalized spacial score (nSPS) is 20.2. The molecule has 1 amide bonds. The van der Waals surface area contributed by atoms with Gasteiger partial charge in [0.2, 0.25) is 0 Å². The van der Waals surface area contributed by atoms with Gasteiger partial charge in [-0.15, -0.1) is 11.3 Å². The third kappa shape index (κ3) is 2.59. The molecule has 1 aliphatic rings. The highest BCUT2D eigenvalue weighted by Crippen LogP contribution is 2.26. The molecule has 1 N–H and O–H groups in total. The number of amides is 1. The van der Waals surface area contributed by atoms with Crippen LogP contribution < -0.4 is 0 Å². The first-order valence-corrected chi connectivity index (χ1v) is 7.50. The minimum atomic E-state index is 0.0127. The molecule has 1 unspecified atom stereocenters. The fourth-order valence-electron chi connectivity index (χ4n) is 2.58. The lowest BCUT2D eigenvalue weighted by atomic mass is 10.0. The van der Waals surface area contributed by atoms with Gasteiger partial charge in [-0.05, 0) is 44.2 Å². The predicted molar refractivity (Wildman–Crippen MR) is 74.2 cm³/mol. The van der Waals surface area contributed by atoms with E-state index in [4.69, 9.17) is 0 Å². The van der Waals surface area contributed by atoms with Crippen LogP contribution in [0.15, 0.2) is 6.07 Å². The quantitative estimate of drug-likeness (QED) is 0.914. The van der Waals surface area contributed by atoms with Crippen molar-refractivity contribution in [3.63, 3.8) is 0 Å². The molecule has 2 rings (SSSR count). The van der Waals surface area contributed by atoms with E-state index < -0.39 is 0 Å². The molecule has 1 saturated heterocycles. The standard InChI is InChI=1S/C14H21NO2S/c1-3-12-10(2)8-13(18-12)14(17)15-7-5-4-6-11(15)9-16/h8,11,16H,3-7,9H2,1-2H3. The summed E-state index contributed by atoms with van der Waals surface area (Å²) in [5.74, 6) is 0.0987. The van der Waals surface area contributed by atoms with Crippen LogP contribution in [0.2, 0.25) is 0 Å². The van der Waals surface area contributed by atoms with Crippen molar-refractivity contribution >= 4 is 17.2 Å². The third-order valence-electron chi connectivity index (χ3n) is 3.65. The number of nitrogens with zero attached hydrogens (tertiary/aromatic N) is 1. The Bertz CT molecular complexity index is 427. The lowest BCUT2D eigenvalue weighted by Gasteiger charge is -2.34. The molecule has 3 nitrogen and oxygen atoms in total. The second-order valence-corrected chi connectivity index (χ2v) is 6.04. The molecule has 0 radical (unpaired) electrons. The van der Waals surface area contributed by atoms with Gasteiger partial charge < -0.3 is 10.0 Å². The Labute approximate surface area is 112 Å². The van der Waals surface area contributed by atoms with Gasteiger partial charge in [-0.2, -0.15) is 0 Å². The van der Waals surface area contributed by atoms with Gasteiger partial charge in [0.1, 0.15) is 0 Å². The van der Waals surface area contributed by atoms with Crippen LogP contribution in [0.1, 0.15) is 46.3 Å². The molecule has 100 valence electrons. The van der Waals surface area contributed by atoms with E-state index in [2.05, 4.69) is 13.8 Å². The van der Waals surface area contributed by atoms with Crippen LogP contribution in [-0.2, 0) is 6.42 Å². The molecule has 4 heteroatoms. The Morgan fingerprint density at radius 3 is 2.94 bits per heavy atom. The van der Waals surface area contributed by atoms with Crippen molar-refractivity contribution in [1.29, 1.82) is 0 Å². The smallest absolute Gasteiger partial charge is 0.264 e. The Morgan fingerprint density at radius 1 is 1.56 bits per heavy atom. The molecule has 2 heterocycles. The van der Waals surface area contributed by atoms with Gasteiger partial charge in [-0.3, -0.25) is 4.79 Å². The SMILES string of the molecule is CCc1sc(C(=O)N2CCCCC2CO)cc1C. The molecule has 1 fully saturated rings. The predicted octanol–water partition coefficient (Wildman–Crippen LogP) is 2.61. The van der Waals surface area contributed by atoms with E-state index in [1.54, 1.807) is 11.3 Å². The minimum Gasteiger partial charge on any atom is -0.394 e. The molecule has 18 heavy (non-hydrogen) atoms. The van der Waals surface area contributed by atoms with Gasteiger partial charge in [0.15, 0.2) is 0 Å². The molecule has 0 aromatic carbocycles. The number of aliphatic hydroxyl groups excluding tert-OH is 1. The molecule has 0 spiro atoms. The Morgan fingerprint density at radius 2 is 2.33 bits per heavy atom. The first kappa shape index (κ1) is 13.6. The summed E-state index contributed by atoms with van der Waals surface area (Å²) < 4.78 is 0. The summed E-state index contributed by atoms with van der Waals surface area (Å²) in [5.41, 5.74) is 1.21. The molecular formula is C14H21NO2S. The van der Waals surface area contributed by atoms with E-state index in [1.807, 2.05) is 11.0 Å². The molecule has 0 saturated carbocycles. The number of aryl methyl sites for hydroxylation is 2. The van der Waals surface area contributed by atoms with Gasteiger partial charge in [0.25, 0.3) is 5.91 Å². The number of carbonyl (C=O) groups is 1. The number of hydrogen-bond donors (Lipinski definition) is 1. The molecule has 1 aromatic rings. The monoisotopic (exact) mass is 267 g/mol. The van der Waals surface area contributed by atoms with Gasteiger partial charge in [0.05, 0.1) is 17.5 Å². The van der Waals surface area contributed by atoms with Crippen LogP contribution in [0.25, 0.3) is 0 Å². The Hall–Kier alpha value is -0.870. The van der Waals surface area contributed by atoms with Crippen molar-refractivity contribution in [2.24, 2.45) is 0 Å². The molecular weight excluding hydrogens is 246 g/mol. The largest absolute Gasteiger partial charge is 0.394 e. The van der Waals surface area contributed by atoms with Crippen molar-refractivity contribution in [3.8, 4) is 0 Å². The van der Waals surface area contributed by atoms with Gasteiger partial charge in [0, 0.05) is 11.4 Å². The minimum absolute atomic E-state index is 0.0127. The highest BCUT2D eigenvalue weighted by atomic mass is 32.1. The summed E-state index contributed by atoms with van der Waals surface area (Å²) in [6, 6.07) is 2.01. The van der Waals surface area contributed by atoms with Crippen molar-refractivity contribution < 1.29 is 9.90 Å². The number of thiophene rings is 1. The van der Waals surface area contributed by atoms with E-state index in [0.29, 0.717) is 0 Å². The molecule has 1 atom stereocenters. The second kappa shape index (κ2) is 5.85. The van der Waals surface area contributed by atoms with Crippen LogP contribution in [0, 0.1) is 6.92 Å². The maximum Gasteiger partial charge on any atom is 0.264 e. The highest BCUT2D eigenvalue weighted by molar-refractivity contribution is 7.14. The highest BCUT2D eigenvalue weighted by Gasteiger charge is 2.27. The molecule has 1 aromatic heterocycles. The number of aliphatic hydroxyl groups is 1. The van der Waals surface area contributed by atoms with Crippen molar-refractivity contribution in [1.82, 2.24) is 4.90 Å². The number of carbonyl (C=O) groups excluding carboxylic acids is 1. The zero-order chi connectivity index (χ0) is 13.1. The lowest BCUT2D eigenvalue weighted by molar-refractivity contribution is 0.0507. The average molecular weight is 267 g/mol. The topological polar surface area (TPSA) is 40.5 Å². The van der Waals surface area contributed by atoms with E-state index >= 15 is 0 Å². The summed E-state index contributed by atoms with van der Waals surface area (Å²) in [7, 11) is 0. The Balaban J connectivity index is 2.18. The number of rotatable bonds is 3. The van der Waals surface area contributed by atoms with Crippen molar-refractivity contribution in [2.75, 3.05) is 13.2 Å².